The molecule has 0 bridgehead atoms. The van der Waals surface area contributed by atoms with Crippen LogP contribution in [0.25, 0.3) is 0 Å². The van der Waals surface area contributed by atoms with Crippen molar-refractivity contribution in [3.8, 4) is 17.6 Å². The second-order valence-electron chi connectivity index (χ2n) is 11.1. The van der Waals surface area contributed by atoms with Crippen molar-refractivity contribution < 1.29 is 19.1 Å². The first-order valence-electron chi connectivity index (χ1n) is 13.1. The second kappa shape index (κ2) is 13.9. The first-order chi connectivity index (χ1) is 16.5. The largest absolute Gasteiger partial charge is 0.426 e. The summed E-state index contributed by atoms with van der Waals surface area (Å²) in [4.78, 5) is 24.7. The molecule has 0 radical (unpaired) electrons. The highest BCUT2D eigenvalue weighted by atomic mass is 35.5. The van der Waals surface area contributed by atoms with Gasteiger partial charge in [0.05, 0.1) is 17.4 Å². The Morgan fingerprint density at radius 1 is 1.00 bits per heavy atom. The van der Waals surface area contributed by atoms with Crippen LogP contribution in [0.4, 0.5) is 0 Å². The highest BCUT2D eigenvalue weighted by Gasteiger charge is 2.38. The fourth-order valence-electron chi connectivity index (χ4n) is 4.59. The fraction of sp³-hybridized carbons (Fsp3) is 0.690. The molecule has 1 fully saturated rings. The fourth-order valence-corrected chi connectivity index (χ4v) is 4.63. The van der Waals surface area contributed by atoms with Gasteiger partial charge < -0.3 is 9.47 Å². The number of hydrogen-bond donors (Lipinski definition) is 0. The Bertz CT molecular complexity index is 850. The average molecular weight is 504 g/mol. The normalized spacial score (nSPS) is 21.9. The molecule has 2 rings (SSSR count). The van der Waals surface area contributed by atoms with Gasteiger partial charge in [-0.3, -0.25) is 9.59 Å². The number of rotatable bonds is 12. The zero-order valence-corrected chi connectivity index (χ0v) is 22.8. The smallest absolute Gasteiger partial charge is 0.329 e. The summed E-state index contributed by atoms with van der Waals surface area (Å²) in [6, 6.07) is 9.00. The Morgan fingerprint density at radius 2 is 1.57 bits per heavy atom. The number of alkyl halides is 1. The summed E-state index contributed by atoms with van der Waals surface area (Å²) >= 11 is 6.03. The lowest BCUT2D eigenvalue weighted by molar-refractivity contribution is -0.140. The number of carbonyl (C=O) groups excluding carboxylic acids is 2. The van der Waals surface area contributed by atoms with Crippen LogP contribution >= 0.6 is 11.6 Å². The minimum absolute atomic E-state index is 0.0298. The van der Waals surface area contributed by atoms with Crippen LogP contribution in [-0.2, 0) is 9.59 Å². The van der Waals surface area contributed by atoms with Gasteiger partial charge in [0.15, 0.2) is 0 Å². The summed E-state index contributed by atoms with van der Waals surface area (Å²) in [5.74, 6) is 1.15. The van der Waals surface area contributed by atoms with Crippen LogP contribution < -0.4 is 9.47 Å². The van der Waals surface area contributed by atoms with E-state index in [9.17, 15) is 14.9 Å². The van der Waals surface area contributed by atoms with Gasteiger partial charge in [0, 0.05) is 0 Å². The highest BCUT2D eigenvalue weighted by molar-refractivity contribution is 6.30. The van der Waals surface area contributed by atoms with E-state index in [0.29, 0.717) is 30.3 Å². The molecular formula is C29H42ClNO4. The predicted molar refractivity (Wildman–Crippen MR) is 139 cm³/mol. The van der Waals surface area contributed by atoms with E-state index in [0.717, 1.165) is 31.6 Å². The number of hydrogen-bond acceptors (Lipinski definition) is 5. The minimum atomic E-state index is -0.715. The van der Waals surface area contributed by atoms with Crippen LogP contribution in [0.5, 0.6) is 11.5 Å². The SMILES string of the molecule is CC(C)CCCC(C)CCC1(C#N)CCC(C(=O)Oc2ccc(OC(=O)C(Cl)C(C)C)cc2)CC1. The highest BCUT2D eigenvalue weighted by Crippen LogP contribution is 2.43. The van der Waals surface area contributed by atoms with Crippen LogP contribution in [0.1, 0.15) is 92.4 Å². The Morgan fingerprint density at radius 3 is 2.09 bits per heavy atom. The molecule has 1 aromatic carbocycles. The van der Waals surface area contributed by atoms with E-state index in [2.05, 4.69) is 26.8 Å². The quantitative estimate of drug-likeness (QED) is 0.166. The third kappa shape index (κ3) is 9.49. The number of ether oxygens (including phenoxy) is 2. The number of benzene rings is 1. The number of nitriles is 1. The molecule has 0 heterocycles. The van der Waals surface area contributed by atoms with Gasteiger partial charge in [-0.2, -0.15) is 5.26 Å². The minimum Gasteiger partial charge on any atom is -0.426 e. The van der Waals surface area contributed by atoms with Crippen molar-refractivity contribution in [2.24, 2.45) is 29.1 Å². The van der Waals surface area contributed by atoms with Crippen LogP contribution in [0.3, 0.4) is 0 Å². The van der Waals surface area contributed by atoms with Crippen LogP contribution in [0.15, 0.2) is 24.3 Å². The Kier molecular flexibility index (Phi) is 11.6. The molecule has 0 aromatic heterocycles. The molecule has 2 unspecified atom stereocenters. The molecule has 5 nitrogen and oxygen atoms in total. The van der Waals surface area contributed by atoms with Crippen molar-refractivity contribution in [1.82, 2.24) is 0 Å². The van der Waals surface area contributed by atoms with Gasteiger partial charge in [-0.05, 0) is 80.5 Å². The van der Waals surface area contributed by atoms with Crippen molar-refractivity contribution >= 4 is 23.5 Å². The Labute approximate surface area is 216 Å². The summed E-state index contributed by atoms with van der Waals surface area (Å²) in [6.45, 7) is 10.5. The second-order valence-corrected chi connectivity index (χ2v) is 11.6. The summed E-state index contributed by atoms with van der Waals surface area (Å²) in [6.07, 6.45) is 8.55. The first kappa shape index (κ1) is 29.2. The lowest BCUT2D eigenvalue weighted by Gasteiger charge is -2.34. The Balaban J connectivity index is 1.80. The average Bonchev–Trinajstić information content (AvgIpc) is 2.83. The van der Waals surface area contributed by atoms with Crippen molar-refractivity contribution in [2.45, 2.75) is 97.8 Å². The molecule has 194 valence electrons. The molecule has 0 spiro atoms. The van der Waals surface area contributed by atoms with Crippen molar-refractivity contribution in [3.05, 3.63) is 24.3 Å². The van der Waals surface area contributed by atoms with Crippen molar-refractivity contribution in [3.63, 3.8) is 0 Å². The van der Waals surface area contributed by atoms with Gasteiger partial charge in [-0.1, -0.05) is 53.9 Å². The predicted octanol–water partition coefficient (Wildman–Crippen LogP) is 7.70. The maximum Gasteiger partial charge on any atom is 0.329 e. The van der Waals surface area contributed by atoms with Crippen molar-refractivity contribution in [2.75, 3.05) is 0 Å². The molecule has 0 aliphatic heterocycles. The van der Waals surface area contributed by atoms with Crippen LogP contribution in [0.2, 0.25) is 0 Å². The molecule has 0 saturated heterocycles. The molecule has 35 heavy (non-hydrogen) atoms. The number of nitrogens with zero attached hydrogens (tertiary/aromatic N) is 1. The maximum atomic E-state index is 12.7. The zero-order chi connectivity index (χ0) is 26.0. The third-order valence-electron chi connectivity index (χ3n) is 7.18. The van der Waals surface area contributed by atoms with E-state index in [-0.39, 0.29) is 23.2 Å². The molecule has 0 amide bonds. The van der Waals surface area contributed by atoms with Crippen LogP contribution in [0, 0.1) is 40.4 Å². The van der Waals surface area contributed by atoms with E-state index in [4.69, 9.17) is 21.1 Å². The first-order valence-corrected chi connectivity index (χ1v) is 13.6. The molecule has 1 aliphatic rings. The van der Waals surface area contributed by atoms with Crippen molar-refractivity contribution in [1.29, 1.82) is 5.26 Å². The van der Waals surface area contributed by atoms with Gasteiger partial charge in [0.25, 0.3) is 0 Å². The summed E-state index contributed by atoms with van der Waals surface area (Å²) in [5.41, 5.74) is -0.315. The van der Waals surface area contributed by atoms with E-state index in [1.807, 2.05) is 13.8 Å². The summed E-state index contributed by atoms with van der Waals surface area (Å²) in [7, 11) is 0. The standard InChI is InChI=1S/C29H42ClNO4/c1-20(2)7-6-8-22(5)13-16-29(19-31)17-14-23(15-18-29)27(32)34-24-9-11-25(12-10-24)35-28(33)26(30)21(3)4/h9-12,20-23,26H,6-8,13-18H2,1-5H3. The van der Waals surface area contributed by atoms with E-state index >= 15 is 0 Å². The molecule has 2 atom stereocenters. The van der Waals surface area contributed by atoms with Gasteiger partial charge in [0.1, 0.15) is 16.9 Å². The maximum absolute atomic E-state index is 12.7. The van der Waals surface area contributed by atoms with Gasteiger partial charge in [0.2, 0.25) is 0 Å². The third-order valence-corrected chi connectivity index (χ3v) is 7.86. The van der Waals surface area contributed by atoms with Gasteiger partial charge in [-0.25, -0.2) is 0 Å². The molecular weight excluding hydrogens is 462 g/mol. The summed E-state index contributed by atoms with van der Waals surface area (Å²) < 4.78 is 10.9. The van der Waals surface area contributed by atoms with E-state index in [1.54, 1.807) is 24.3 Å². The molecule has 1 aromatic rings. The number of halogens is 1. The van der Waals surface area contributed by atoms with Gasteiger partial charge in [-0.15, -0.1) is 11.6 Å². The molecule has 1 saturated carbocycles. The zero-order valence-electron chi connectivity index (χ0n) is 22.0. The number of esters is 2. The van der Waals surface area contributed by atoms with E-state index in [1.165, 1.54) is 19.3 Å². The monoisotopic (exact) mass is 503 g/mol. The lowest BCUT2D eigenvalue weighted by Crippen LogP contribution is -2.31. The molecule has 0 N–H and O–H groups in total. The molecule has 6 heteroatoms. The Hall–Kier alpha value is -2.06. The topological polar surface area (TPSA) is 76.4 Å². The summed E-state index contributed by atoms with van der Waals surface area (Å²) in [5, 5.41) is 9.19. The van der Waals surface area contributed by atoms with E-state index < -0.39 is 11.3 Å². The number of carbonyl (C=O) groups is 2. The lowest BCUT2D eigenvalue weighted by atomic mass is 9.68. The molecule has 1 aliphatic carbocycles. The van der Waals surface area contributed by atoms with Crippen LogP contribution in [-0.4, -0.2) is 17.3 Å². The van der Waals surface area contributed by atoms with Gasteiger partial charge >= 0.3 is 11.9 Å².